The number of nitrogens with zero attached hydrogens (tertiary/aromatic N) is 1. The molecule has 1 unspecified atom stereocenters. The Balaban J connectivity index is 2.24. The van der Waals surface area contributed by atoms with E-state index in [2.05, 4.69) is 43.5 Å². The highest BCUT2D eigenvalue weighted by molar-refractivity contribution is 14.1. The second-order valence-electron chi connectivity index (χ2n) is 2.57. The molecule has 4 heteroatoms. The quantitative estimate of drug-likeness (QED) is 0.544. The summed E-state index contributed by atoms with van der Waals surface area (Å²) in [7, 11) is 0. The predicted molar refractivity (Wildman–Crippen MR) is 51.1 cm³/mol. The van der Waals surface area contributed by atoms with Gasteiger partial charge in [0, 0.05) is 49.0 Å². The summed E-state index contributed by atoms with van der Waals surface area (Å²) in [6, 6.07) is 0. The molecule has 0 bridgehead atoms. The number of hydrogen-bond donors (Lipinski definition) is 2. The summed E-state index contributed by atoms with van der Waals surface area (Å²) in [5.41, 5.74) is 0. The minimum atomic E-state index is 0.516. The Morgan fingerprint density at radius 3 is 2.60 bits per heavy atom. The Bertz CT molecular complexity index is 93.0. The van der Waals surface area contributed by atoms with Crippen LogP contribution in [0.3, 0.4) is 0 Å². The number of rotatable bonds is 2. The number of piperazine rings is 1. The Hall–Kier alpha value is 0.610. The third kappa shape index (κ3) is 2.34. The minimum Gasteiger partial charge on any atom is -0.314 e. The van der Waals surface area contributed by atoms with Crippen LogP contribution >= 0.6 is 22.9 Å². The van der Waals surface area contributed by atoms with Crippen molar-refractivity contribution in [1.29, 1.82) is 0 Å². The summed E-state index contributed by atoms with van der Waals surface area (Å²) in [5.74, 6) is 0. The van der Waals surface area contributed by atoms with Gasteiger partial charge >= 0.3 is 0 Å². The van der Waals surface area contributed by atoms with Crippen molar-refractivity contribution < 1.29 is 0 Å². The Labute approximate surface area is 76.0 Å². The van der Waals surface area contributed by atoms with Crippen molar-refractivity contribution >= 4 is 22.9 Å². The first-order chi connectivity index (χ1) is 4.84. The molecule has 2 N–H and O–H groups in total. The van der Waals surface area contributed by atoms with E-state index in [1.165, 1.54) is 0 Å². The summed E-state index contributed by atoms with van der Waals surface area (Å²) < 4.78 is 3.20. The highest BCUT2D eigenvalue weighted by atomic mass is 127. The highest BCUT2D eigenvalue weighted by Crippen LogP contribution is 1.98. The summed E-state index contributed by atoms with van der Waals surface area (Å²) in [5, 5.41) is 3.32. The van der Waals surface area contributed by atoms with E-state index in [4.69, 9.17) is 0 Å². The third-order valence-corrected chi connectivity index (χ3v) is 2.76. The van der Waals surface area contributed by atoms with Crippen molar-refractivity contribution in [2.24, 2.45) is 0 Å². The molecule has 1 fully saturated rings. The molecule has 0 amide bonds. The molecule has 0 radical (unpaired) electrons. The predicted octanol–water partition coefficient (Wildman–Crippen LogP) is 0.177. The topological polar surface area (TPSA) is 27.3 Å². The van der Waals surface area contributed by atoms with E-state index in [9.17, 15) is 0 Å². The second-order valence-corrected chi connectivity index (χ2v) is 3.19. The Morgan fingerprint density at radius 2 is 2.10 bits per heavy atom. The van der Waals surface area contributed by atoms with Crippen molar-refractivity contribution in [1.82, 2.24) is 13.7 Å². The molecule has 10 heavy (non-hydrogen) atoms. The molecular weight excluding hydrogens is 241 g/mol. The maximum atomic E-state index is 3.32. The van der Waals surface area contributed by atoms with Gasteiger partial charge in [-0.1, -0.05) is 0 Å². The van der Waals surface area contributed by atoms with Gasteiger partial charge in [-0.3, -0.25) is 4.90 Å². The molecule has 1 aliphatic rings. The lowest BCUT2D eigenvalue weighted by Gasteiger charge is -2.31. The number of halogens is 1. The molecule has 0 aromatic rings. The zero-order chi connectivity index (χ0) is 7.40. The summed E-state index contributed by atoms with van der Waals surface area (Å²) in [6.45, 7) is 6.78. The van der Waals surface area contributed by atoms with Gasteiger partial charge in [0.05, 0.1) is 6.17 Å². The van der Waals surface area contributed by atoms with Gasteiger partial charge in [-0.25, -0.2) is 3.53 Å². The van der Waals surface area contributed by atoms with Crippen molar-refractivity contribution in [3.05, 3.63) is 0 Å². The van der Waals surface area contributed by atoms with Gasteiger partial charge in [-0.15, -0.1) is 0 Å². The fourth-order valence-electron chi connectivity index (χ4n) is 1.14. The first-order valence-electron chi connectivity index (χ1n) is 3.65. The molecule has 1 atom stereocenters. The van der Waals surface area contributed by atoms with Gasteiger partial charge in [0.25, 0.3) is 0 Å². The minimum absolute atomic E-state index is 0.516. The standard InChI is InChI=1S/C6H14IN3/c1-6(9-7)10-4-2-8-3-5-10/h6,8-9H,2-5H2,1H3. The van der Waals surface area contributed by atoms with Crippen molar-refractivity contribution in [3.8, 4) is 0 Å². The zero-order valence-corrected chi connectivity index (χ0v) is 8.39. The monoisotopic (exact) mass is 255 g/mol. The highest BCUT2D eigenvalue weighted by Gasteiger charge is 2.13. The van der Waals surface area contributed by atoms with Gasteiger partial charge in [-0.2, -0.15) is 0 Å². The zero-order valence-electron chi connectivity index (χ0n) is 6.23. The summed E-state index contributed by atoms with van der Waals surface area (Å²) >= 11 is 2.20. The normalized spacial score (nSPS) is 24.6. The first kappa shape index (κ1) is 8.70. The van der Waals surface area contributed by atoms with E-state index < -0.39 is 0 Å². The van der Waals surface area contributed by atoms with Crippen LogP contribution in [0.5, 0.6) is 0 Å². The van der Waals surface area contributed by atoms with Crippen LogP contribution < -0.4 is 8.85 Å². The van der Waals surface area contributed by atoms with Gasteiger partial charge in [0.1, 0.15) is 0 Å². The lowest BCUT2D eigenvalue weighted by atomic mass is 10.3. The Morgan fingerprint density at radius 1 is 1.50 bits per heavy atom. The van der Waals surface area contributed by atoms with Crippen LogP contribution in [-0.2, 0) is 0 Å². The van der Waals surface area contributed by atoms with E-state index >= 15 is 0 Å². The maximum Gasteiger partial charge on any atom is 0.0657 e. The molecular formula is C6H14IN3. The van der Waals surface area contributed by atoms with E-state index in [0.717, 1.165) is 26.2 Å². The molecule has 60 valence electrons. The fraction of sp³-hybridized carbons (Fsp3) is 1.00. The van der Waals surface area contributed by atoms with Crippen LogP contribution in [-0.4, -0.2) is 37.2 Å². The van der Waals surface area contributed by atoms with Crippen molar-refractivity contribution in [3.63, 3.8) is 0 Å². The number of hydrogen-bond acceptors (Lipinski definition) is 3. The summed E-state index contributed by atoms with van der Waals surface area (Å²) in [4.78, 5) is 2.43. The lowest BCUT2D eigenvalue weighted by Crippen LogP contribution is -2.50. The van der Waals surface area contributed by atoms with Crippen LogP contribution in [0.15, 0.2) is 0 Å². The first-order valence-corrected chi connectivity index (χ1v) is 4.73. The van der Waals surface area contributed by atoms with Crippen molar-refractivity contribution in [2.45, 2.75) is 13.1 Å². The second kappa shape index (κ2) is 4.48. The molecule has 0 aromatic heterocycles. The molecule has 0 saturated carbocycles. The molecule has 0 aliphatic carbocycles. The maximum absolute atomic E-state index is 3.32. The molecule has 0 aromatic carbocycles. The van der Waals surface area contributed by atoms with E-state index in [1.54, 1.807) is 0 Å². The SMILES string of the molecule is CC(NI)N1CCNCC1. The van der Waals surface area contributed by atoms with Gasteiger partial charge in [0.2, 0.25) is 0 Å². The van der Waals surface area contributed by atoms with Crippen molar-refractivity contribution in [2.75, 3.05) is 26.2 Å². The molecule has 1 heterocycles. The van der Waals surface area contributed by atoms with E-state index in [1.807, 2.05) is 0 Å². The van der Waals surface area contributed by atoms with E-state index in [-0.39, 0.29) is 0 Å². The smallest absolute Gasteiger partial charge is 0.0657 e. The van der Waals surface area contributed by atoms with Gasteiger partial charge < -0.3 is 5.32 Å². The van der Waals surface area contributed by atoms with Gasteiger partial charge in [0.15, 0.2) is 0 Å². The summed E-state index contributed by atoms with van der Waals surface area (Å²) in [6.07, 6.45) is 0.516. The fourth-order valence-corrected chi connectivity index (χ4v) is 1.53. The van der Waals surface area contributed by atoms with Crippen LogP contribution in [0.25, 0.3) is 0 Å². The molecule has 1 aliphatic heterocycles. The van der Waals surface area contributed by atoms with E-state index in [0.29, 0.717) is 6.17 Å². The molecule has 1 rings (SSSR count). The largest absolute Gasteiger partial charge is 0.314 e. The number of nitrogens with one attached hydrogen (secondary N) is 2. The van der Waals surface area contributed by atoms with Crippen LogP contribution in [0.4, 0.5) is 0 Å². The molecule has 3 nitrogen and oxygen atoms in total. The Kier molecular flexibility index (Phi) is 3.90. The van der Waals surface area contributed by atoms with Crippen LogP contribution in [0.1, 0.15) is 6.92 Å². The average Bonchev–Trinajstić information content (AvgIpc) is 2.05. The van der Waals surface area contributed by atoms with Crippen LogP contribution in [0, 0.1) is 0 Å². The average molecular weight is 255 g/mol. The molecule has 1 saturated heterocycles. The third-order valence-electron chi connectivity index (χ3n) is 1.86. The molecule has 0 spiro atoms. The van der Waals surface area contributed by atoms with Gasteiger partial charge in [-0.05, 0) is 6.92 Å². The van der Waals surface area contributed by atoms with Crippen LogP contribution in [0.2, 0.25) is 0 Å². The lowest BCUT2D eigenvalue weighted by molar-refractivity contribution is 0.181.